The van der Waals surface area contributed by atoms with Gasteiger partial charge in [-0.3, -0.25) is 4.79 Å². The lowest BCUT2D eigenvalue weighted by atomic mass is 9.78. The Bertz CT molecular complexity index is 394. The Hall–Kier alpha value is -1.30. The predicted molar refractivity (Wildman–Crippen MR) is 73.1 cm³/mol. The van der Waals surface area contributed by atoms with Crippen molar-refractivity contribution in [2.75, 3.05) is 19.6 Å². The molecule has 2 heterocycles. The third-order valence-corrected chi connectivity index (χ3v) is 3.98. The fourth-order valence-corrected chi connectivity index (χ4v) is 2.86. The van der Waals surface area contributed by atoms with E-state index in [-0.39, 0.29) is 17.9 Å². The van der Waals surface area contributed by atoms with Crippen LogP contribution < -0.4 is 5.32 Å². The first-order chi connectivity index (χ1) is 9.21. The molecule has 0 radical (unpaired) electrons. The molecule has 2 aliphatic heterocycles. The molecular weight excluding hydrogens is 260 g/mol. The van der Waals surface area contributed by atoms with Crippen molar-refractivity contribution in [1.82, 2.24) is 10.2 Å². The first-order valence-electron chi connectivity index (χ1n) is 7.19. The normalized spacial score (nSPS) is 26.3. The van der Waals surface area contributed by atoms with E-state index in [0.29, 0.717) is 38.9 Å². The summed E-state index contributed by atoms with van der Waals surface area (Å²) in [5.74, 6) is -0.415. The Morgan fingerprint density at radius 1 is 1.40 bits per heavy atom. The molecule has 20 heavy (non-hydrogen) atoms. The highest BCUT2D eigenvalue weighted by Crippen LogP contribution is 2.34. The topological polar surface area (TPSA) is 78.9 Å². The lowest BCUT2D eigenvalue weighted by molar-refractivity contribution is -0.134. The molecule has 114 valence electrons. The second-order valence-electron chi connectivity index (χ2n) is 6.70. The van der Waals surface area contributed by atoms with Crippen molar-refractivity contribution in [1.29, 1.82) is 0 Å². The van der Waals surface area contributed by atoms with Crippen LogP contribution in [0.5, 0.6) is 0 Å². The number of piperidine rings is 1. The van der Waals surface area contributed by atoms with E-state index < -0.39 is 11.2 Å². The first-order valence-corrected chi connectivity index (χ1v) is 7.19. The number of carbonyl (C=O) groups excluding carboxylic acids is 2. The Balaban J connectivity index is 1.92. The van der Waals surface area contributed by atoms with Gasteiger partial charge in [-0.1, -0.05) is 0 Å². The maximum atomic E-state index is 12.0. The van der Waals surface area contributed by atoms with Crippen molar-refractivity contribution >= 4 is 12.0 Å². The van der Waals surface area contributed by atoms with E-state index in [4.69, 9.17) is 4.74 Å². The van der Waals surface area contributed by atoms with Crippen molar-refractivity contribution in [2.24, 2.45) is 5.92 Å². The van der Waals surface area contributed by atoms with Gasteiger partial charge in [-0.25, -0.2) is 4.79 Å². The van der Waals surface area contributed by atoms with Crippen molar-refractivity contribution in [2.45, 2.75) is 51.2 Å². The van der Waals surface area contributed by atoms with E-state index in [1.54, 1.807) is 4.90 Å². The predicted octanol–water partition coefficient (Wildman–Crippen LogP) is 0.885. The number of rotatable bonds is 1. The summed E-state index contributed by atoms with van der Waals surface area (Å²) >= 11 is 0. The van der Waals surface area contributed by atoms with E-state index in [2.05, 4.69) is 5.32 Å². The number of likely N-dealkylation sites (tertiary alicyclic amines) is 1. The van der Waals surface area contributed by atoms with Crippen LogP contribution in [0.2, 0.25) is 0 Å². The van der Waals surface area contributed by atoms with E-state index >= 15 is 0 Å². The van der Waals surface area contributed by atoms with Crippen LogP contribution in [0.25, 0.3) is 0 Å². The van der Waals surface area contributed by atoms with Crippen molar-refractivity contribution < 1.29 is 19.4 Å². The number of hydrogen-bond acceptors (Lipinski definition) is 4. The molecule has 2 saturated heterocycles. The molecule has 0 bridgehead atoms. The zero-order valence-electron chi connectivity index (χ0n) is 12.4. The molecule has 2 aliphatic rings. The van der Waals surface area contributed by atoms with Gasteiger partial charge >= 0.3 is 6.09 Å². The van der Waals surface area contributed by atoms with Gasteiger partial charge < -0.3 is 20.1 Å². The van der Waals surface area contributed by atoms with Gasteiger partial charge in [-0.05, 0) is 40.0 Å². The SMILES string of the molecule is CC(C)(C)OC(=O)N1CCC(O)(C2CCNC2=O)CC1. The summed E-state index contributed by atoms with van der Waals surface area (Å²) < 4.78 is 5.32. The second kappa shape index (κ2) is 5.24. The van der Waals surface area contributed by atoms with E-state index in [1.165, 1.54) is 0 Å². The molecule has 0 aromatic carbocycles. The summed E-state index contributed by atoms with van der Waals surface area (Å²) in [5, 5.41) is 13.4. The molecule has 0 aromatic heterocycles. The van der Waals surface area contributed by atoms with Gasteiger partial charge in [0.2, 0.25) is 5.91 Å². The minimum absolute atomic E-state index is 0.0711. The molecule has 2 amide bonds. The third kappa shape index (κ3) is 3.23. The summed E-state index contributed by atoms with van der Waals surface area (Å²) in [6, 6.07) is 0. The third-order valence-electron chi connectivity index (χ3n) is 3.98. The lowest BCUT2D eigenvalue weighted by Crippen LogP contribution is -2.52. The average molecular weight is 284 g/mol. The van der Waals surface area contributed by atoms with Crippen molar-refractivity contribution in [3.63, 3.8) is 0 Å². The maximum absolute atomic E-state index is 12.0. The number of nitrogens with one attached hydrogen (secondary N) is 1. The van der Waals surface area contributed by atoms with Crippen LogP contribution in [0.15, 0.2) is 0 Å². The van der Waals surface area contributed by atoms with Crippen LogP contribution in [-0.4, -0.2) is 52.8 Å². The highest BCUT2D eigenvalue weighted by molar-refractivity contribution is 5.82. The fourth-order valence-electron chi connectivity index (χ4n) is 2.86. The molecule has 1 unspecified atom stereocenters. The van der Waals surface area contributed by atoms with Crippen LogP contribution in [0.1, 0.15) is 40.0 Å². The lowest BCUT2D eigenvalue weighted by Gasteiger charge is -2.40. The van der Waals surface area contributed by atoms with Gasteiger partial charge in [0.15, 0.2) is 0 Å². The second-order valence-corrected chi connectivity index (χ2v) is 6.70. The molecule has 1 atom stereocenters. The molecule has 2 fully saturated rings. The zero-order valence-corrected chi connectivity index (χ0v) is 12.4. The molecule has 0 aliphatic carbocycles. The molecule has 0 spiro atoms. The molecule has 6 heteroatoms. The number of amides is 2. The quantitative estimate of drug-likeness (QED) is 0.749. The van der Waals surface area contributed by atoms with E-state index in [9.17, 15) is 14.7 Å². The number of nitrogens with zero attached hydrogens (tertiary/aromatic N) is 1. The van der Waals surface area contributed by atoms with Gasteiger partial charge in [0.25, 0.3) is 0 Å². The van der Waals surface area contributed by atoms with E-state index in [1.807, 2.05) is 20.8 Å². The Morgan fingerprint density at radius 3 is 2.45 bits per heavy atom. The van der Waals surface area contributed by atoms with Gasteiger partial charge in [-0.15, -0.1) is 0 Å². The first kappa shape index (κ1) is 15.1. The standard InChI is InChI=1S/C14H24N2O4/c1-13(2,3)20-12(18)16-8-5-14(19,6-9-16)10-4-7-15-11(10)17/h10,19H,4-9H2,1-3H3,(H,15,17). The van der Waals surface area contributed by atoms with Crippen LogP contribution in [-0.2, 0) is 9.53 Å². The highest BCUT2D eigenvalue weighted by atomic mass is 16.6. The summed E-state index contributed by atoms with van der Waals surface area (Å²) in [4.78, 5) is 25.3. The zero-order chi connectivity index (χ0) is 15.0. The van der Waals surface area contributed by atoms with Crippen molar-refractivity contribution in [3.8, 4) is 0 Å². The van der Waals surface area contributed by atoms with Gasteiger partial charge in [0.05, 0.1) is 11.5 Å². The highest BCUT2D eigenvalue weighted by Gasteiger charge is 2.46. The number of carbonyl (C=O) groups is 2. The van der Waals surface area contributed by atoms with Crippen LogP contribution in [0.4, 0.5) is 4.79 Å². The molecule has 0 saturated carbocycles. The fraction of sp³-hybridized carbons (Fsp3) is 0.857. The number of hydrogen-bond donors (Lipinski definition) is 2. The summed E-state index contributed by atoms with van der Waals surface area (Å²) in [7, 11) is 0. The minimum atomic E-state index is -0.987. The summed E-state index contributed by atoms with van der Waals surface area (Å²) in [5.41, 5.74) is -1.50. The molecule has 2 rings (SSSR count). The largest absolute Gasteiger partial charge is 0.444 e. The monoisotopic (exact) mass is 284 g/mol. The van der Waals surface area contributed by atoms with Gasteiger partial charge in [0, 0.05) is 19.6 Å². The Kier molecular flexibility index (Phi) is 3.95. The molecule has 6 nitrogen and oxygen atoms in total. The smallest absolute Gasteiger partial charge is 0.410 e. The summed E-state index contributed by atoms with van der Waals surface area (Å²) in [6.45, 7) is 6.96. The maximum Gasteiger partial charge on any atom is 0.410 e. The van der Waals surface area contributed by atoms with Crippen LogP contribution in [0.3, 0.4) is 0 Å². The molecule has 0 aromatic rings. The van der Waals surface area contributed by atoms with Crippen molar-refractivity contribution in [3.05, 3.63) is 0 Å². The van der Waals surface area contributed by atoms with E-state index in [0.717, 1.165) is 0 Å². The average Bonchev–Trinajstić information content (AvgIpc) is 2.74. The van der Waals surface area contributed by atoms with Gasteiger partial charge in [0.1, 0.15) is 5.60 Å². The molecular formula is C14H24N2O4. The van der Waals surface area contributed by atoms with Crippen LogP contribution in [0, 0.1) is 5.92 Å². The summed E-state index contributed by atoms with van der Waals surface area (Å²) in [6.07, 6.45) is 1.16. The number of aliphatic hydroxyl groups is 1. The minimum Gasteiger partial charge on any atom is -0.444 e. The number of ether oxygens (including phenoxy) is 1. The Labute approximate surface area is 119 Å². The van der Waals surface area contributed by atoms with Gasteiger partial charge in [-0.2, -0.15) is 0 Å². The van der Waals surface area contributed by atoms with Crippen LogP contribution >= 0.6 is 0 Å². The Morgan fingerprint density at radius 2 is 2.00 bits per heavy atom. The molecule has 2 N–H and O–H groups in total.